The summed E-state index contributed by atoms with van der Waals surface area (Å²) in [6, 6.07) is 0. The van der Waals surface area contributed by atoms with Gasteiger partial charge in [-0.25, -0.2) is 0 Å². The fourth-order valence-corrected chi connectivity index (χ4v) is 5.50. The van der Waals surface area contributed by atoms with E-state index in [1.54, 1.807) is 0 Å². The minimum atomic E-state index is -4.00. The molecule has 0 radical (unpaired) electrons. The Hall–Kier alpha value is -3.53. The van der Waals surface area contributed by atoms with Gasteiger partial charge in [0, 0.05) is 56.5 Å². The second-order valence-electron chi connectivity index (χ2n) is 12.9. The third-order valence-corrected chi connectivity index (χ3v) is 9.78. The van der Waals surface area contributed by atoms with Crippen molar-refractivity contribution in [2.45, 2.75) is 90.3 Å². The zero-order valence-corrected chi connectivity index (χ0v) is 34.6. The lowest BCUT2D eigenvalue weighted by molar-refractivity contribution is -0.200. The minimum absolute atomic E-state index is 0. The van der Waals surface area contributed by atoms with Crippen molar-refractivity contribution in [1.82, 2.24) is 21.3 Å². The lowest BCUT2D eigenvalue weighted by atomic mass is 9.83. The van der Waals surface area contributed by atoms with Crippen molar-refractivity contribution >= 4 is 31.2 Å². The highest BCUT2D eigenvalue weighted by atomic mass is 31.2. The van der Waals surface area contributed by atoms with Crippen LogP contribution >= 0.6 is 7.60 Å². The van der Waals surface area contributed by atoms with Gasteiger partial charge in [0.1, 0.15) is 27.4 Å². The highest BCUT2D eigenvalue weighted by Crippen LogP contribution is 2.42. The molecule has 0 saturated carbocycles. The molecule has 0 fully saturated rings. The molecule has 332 valence electrons. The molecule has 4 N–H and O–H groups in total. The van der Waals surface area contributed by atoms with Crippen LogP contribution in [0.15, 0.2) is 0 Å². The third-order valence-electron chi connectivity index (χ3n) is 7.98. The average molecular weight is 844 g/mol. The van der Waals surface area contributed by atoms with Crippen LogP contribution in [0.25, 0.3) is 0 Å². The Morgan fingerprint density at radius 2 is 0.931 bits per heavy atom. The molecule has 1 unspecified atom stereocenters. The lowest BCUT2D eigenvalue weighted by Crippen LogP contribution is -2.50. The fraction of sp³-hybridized carbons (Fsp3) is 0.750. The van der Waals surface area contributed by atoms with Gasteiger partial charge < -0.3 is 63.7 Å². The summed E-state index contributed by atoms with van der Waals surface area (Å²) in [6.45, 7) is 6.75. The van der Waals surface area contributed by atoms with E-state index in [2.05, 4.69) is 39.0 Å². The van der Waals surface area contributed by atoms with Gasteiger partial charge in [0.2, 0.25) is 23.6 Å². The van der Waals surface area contributed by atoms with E-state index >= 15 is 0 Å². The van der Waals surface area contributed by atoms with Gasteiger partial charge in [-0.2, -0.15) is 0 Å². The van der Waals surface area contributed by atoms with Crippen molar-refractivity contribution in [1.29, 1.82) is 0 Å². The summed E-state index contributed by atoms with van der Waals surface area (Å²) in [5.41, 5.74) is -1.81. The molecule has 0 spiro atoms. The maximum Gasteiger partial charge on any atom is 0.220 e. The second-order valence-corrected chi connectivity index (χ2v) is 15.3. The van der Waals surface area contributed by atoms with Crippen LogP contribution in [-0.2, 0) is 56.7 Å². The molecule has 0 aromatic carbocycles. The summed E-state index contributed by atoms with van der Waals surface area (Å²) in [5.74, 6) is 5.75. The van der Waals surface area contributed by atoms with E-state index in [0.717, 1.165) is 0 Å². The molecule has 4 amide bonds. The lowest BCUT2D eigenvalue weighted by Gasteiger charge is -2.35. The molecule has 0 aromatic rings. The molecule has 0 aliphatic heterocycles. The summed E-state index contributed by atoms with van der Waals surface area (Å²) in [6.07, 6.45) is 16.4. The number of amides is 4. The van der Waals surface area contributed by atoms with E-state index in [9.17, 15) is 28.6 Å². The first-order valence-corrected chi connectivity index (χ1v) is 20.9. The number of carbonyl (C=O) groups is 4. The highest BCUT2D eigenvalue weighted by Gasteiger charge is 2.33. The van der Waals surface area contributed by atoms with Crippen molar-refractivity contribution < 1.29 is 61.6 Å². The predicted molar refractivity (Wildman–Crippen MR) is 218 cm³/mol. The number of carbonyl (C=O) groups excluding carboxylic acids is 4. The summed E-state index contributed by atoms with van der Waals surface area (Å²) in [7, 11) is -4.00. The minimum Gasteiger partial charge on any atom is -0.778 e. The maximum atomic E-state index is 13.4. The number of hydrogen-bond donors (Lipinski definition) is 4. The maximum absolute atomic E-state index is 13.4. The van der Waals surface area contributed by atoms with Crippen LogP contribution in [0.3, 0.4) is 0 Å². The van der Waals surface area contributed by atoms with Crippen LogP contribution in [0.4, 0.5) is 0 Å². The highest BCUT2D eigenvalue weighted by molar-refractivity contribution is 7.52. The Morgan fingerprint density at radius 1 is 0.569 bits per heavy atom. The zero-order chi connectivity index (χ0) is 42.5. The molecule has 0 aliphatic rings. The monoisotopic (exact) mass is 843 g/mol. The largest absolute Gasteiger partial charge is 0.778 e. The number of hydrogen-bond acceptors (Lipinski definition) is 13. The van der Waals surface area contributed by atoms with Crippen molar-refractivity contribution in [3.05, 3.63) is 0 Å². The van der Waals surface area contributed by atoms with Gasteiger partial charge in [0.25, 0.3) is 0 Å². The quantitative estimate of drug-likeness (QED) is 0.0392. The Morgan fingerprint density at radius 3 is 1.28 bits per heavy atom. The SMILES string of the molecule is C.C#CCOCCOCCNC(=O)CCC(CCC(=O)NCCOCCOCC#C)(CCC(=O)NCCOCCOCC#C)NC(=O)CCCCOP(=O)([O-])C(C)C. The van der Waals surface area contributed by atoms with Gasteiger partial charge in [-0.05, 0) is 32.1 Å². The molecule has 0 saturated heterocycles. The molecule has 0 aliphatic carbocycles. The molecular formula is C40H68N4O13P-. The van der Waals surface area contributed by atoms with Crippen molar-refractivity contribution in [2.24, 2.45) is 0 Å². The van der Waals surface area contributed by atoms with Crippen LogP contribution in [0, 0.1) is 37.0 Å². The first-order valence-electron chi connectivity index (χ1n) is 19.2. The summed E-state index contributed by atoms with van der Waals surface area (Å²) < 4.78 is 48.8. The zero-order valence-electron chi connectivity index (χ0n) is 33.7. The Kier molecular flexibility index (Phi) is 36.8. The predicted octanol–water partition coefficient (Wildman–Crippen LogP) is 1.31. The summed E-state index contributed by atoms with van der Waals surface area (Å²) >= 11 is 0. The fourth-order valence-electron chi connectivity index (χ4n) is 4.81. The van der Waals surface area contributed by atoms with E-state index in [0.29, 0.717) is 52.5 Å². The number of rotatable bonds is 38. The van der Waals surface area contributed by atoms with Gasteiger partial charge in [0.15, 0.2) is 0 Å². The van der Waals surface area contributed by atoms with Crippen LogP contribution in [0.5, 0.6) is 0 Å². The Balaban J connectivity index is 0. The van der Waals surface area contributed by atoms with E-state index in [4.69, 9.17) is 52.2 Å². The number of unbranched alkanes of at least 4 members (excludes halogenated alkanes) is 1. The molecule has 0 rings (SSSR count). The van der Waals surface area contributed by atoms with Crippen LogP contribution in [0.2, 0.25) is 0 Å². The second kappa shape index (κ2) is 37.7. The molecular weight excluding hydrogens is 775 g/mol. The first-order chi connectivity index (χ1) is 27.4. The Bertz CT molecular complexity index is 1180. The molecule has 18 heteroatoms. The normalized spacial score (nSPS) is 11.9. The van der Waals surface area contributed by atoms with Crippen LogP contribution in [0.1, 0.15) is 79.1 Å². The van der Waals surface area contributed by atoms with Gasteiger partial charge in [0.05, 0.1) is 66.1 Å². The standard InChI is InChI=1S/C39H65N4O13P.CH4/c1-6-21-50-28-31-53-25-18-40-35(44)12-15-39(16-13-36(45)41-19-26-54-32-29-51-22-7-2,17-14-37(46)42-20-27-55-33-30-52-23-8-3)43-38(47)11-9-10-24-56-57(48,49)34(4)5;/h1-3,34H,9-33H2,4-5H3,(H,40,44)(H,41,45)(H,42,46)(H,43,47)(H,48,49);1H4/p-1. The van der Waals surface area contributed by atoms with Gasteiger partial charge >= 0.3 is 0 Å². The molecule has 58 heavy (non-hydrogen) atoms. The first kappa shape index (κ1) is 56.6. The summed E-state index contributed by atoms with van der Waals surface area (Å²) in [4.78, 5) is 64.3. The van der Waals surface area contributed by atoms with E-state index < -0.39 is 18.8 Å². The molecule has 0 heterocycles. The van der Waals surface area contributed by atoms with Gasteiger partial charge in [-0.15, -0.1) is 19.3 Å². The summed E-state index contributed by atoms with van der Waals surface area (Å²) in [5, 5.41) is 11.4. The van der Waals surface area contributed by atoms with Crippen LogP contribution in [-0.4, -0.2) is 140 Å². The average Bonchev–Trinajstić information content (AvgIpc) is 3.18. The third kappa shape index (κ3) is 33.4. The van der Waals surface area contributed by atoms with Crippen molar-refractivity contribution in [3.8, 4) is 37.0 Å². The number of terminal acetylenes is 3. The molecule has 0 bridgehead atoms. The van der Waals surface area contributed by atoms with E-state index in [-0.39, 0.29) is 142 Å². The van der Waals surface area contributed by atoms with E-state index in [1.165, 1.54) is 13.8 Å². The molecule has 17 nitrogen and oxygen atoms in total. The molecule has 1 atom stereocenters. The van der Waals surface area contributed by atoms with Gasteiger partial charge in [-0.1, -0.05) is 39.0 Å². The Labute approximate surface area is 346 Å². The van der Waals surface area contributed by atoms with Crippen molar-refractivity contribution in [3.63, 3.8) is 0 Å². The van der Waals surface area contributed by atoms with Crippen LogP contribution < -0.4 is 26.2 Å². The van der Waals surface area contributed by atoms with Gasteiger partial charge in [-0.3, -0.25) is 19.2 Å². The molecule has 0 aromatic heterocycles. The smallest absolute Gasteiger partial charge is 0.220 e. The topological polar surface area (TPSA) is 221 Å². The number of ether oxygens (including phenoxy) is 6. The van der Waals surface area contributed by atoms with Crippen molar-refractivity contribution in [2.75, 3.05) is 106 Å². The van der Waals surface area contributed by atoms with E-state index in [1.807, 2.05) is 0 Å². The number of nitrogens with one attached hydrogen (secondary N) is 4.